The first-order chi connectivity index (χ1) is 14.9. The van der Waals surface area contributed by atoms with Crippen molar-refractivity contribution in [2.24, 2.45) is 0 Å². The number of hydrogen-bond donors (Lipinski definition) is 0. The van der Waals surface area contributed by atoms with Gasteiger partial charge in [-0.05, 0) is 43.2 Å². The van der Waals surface area contributed by atoms with E-state index in [9.17, 15) is 13.2 Å². The number of amides is 1. The van der Waals surface area contributed by atoms with Crippen molar-refractivity contribution in [1.29, 1.82) is 0 Å². The molecule has 1 heterocycles. The monoisotopic (exact) mass is 433 g/mol. The van der Waals surface area contributed by atoms with Gasteiger partial charge in [0.25, 0.3) is 10.0 Å². The van der Waals surface area contributed by atoms with Crippen LogP contribution in [0.1, 0.15) is 28.3 Å². The molecule has 5 nitrogen and oxygen atoms in total. The van der Waals surface area contributed by atoms with Crippen molar-refractivity contribution in [1.82, 2.24) is 4.31 Å². The molecule has 3 aromatic carbocycles. The van der Waals surface area contributed by atoms with Gasteiger partial charge < -0.3 is 4.74 Å². The van der Waals surface area contributed by atoms with Gasteiger partial charge in [0.05, 0.1) is 4.90 Å². The van der Waals surface area contributed by atoms with Crippen LogP contribution in [0.5, 0.6) is 0 Å². The number of aryl methyl sites for hydroxylation is 2. The number of cyclic esters (lactones) is 1. The van der Waals surface area contributed by atoms with Crippen molar-refractivity contribution in [2.45, 2.75) is 30.9 Å². The summed E-state index contributed by atoms with van der Waals surface area (Å²) in [5.41, 5.74) is 3.69. The van der Waals surface area contributed by atoms with E-state index < -0.39 is 28.3 Å². The number of benzene rings is 3. The van der Waals surface area contributed by atoms with Crippen LogP contribution in [0.2, 0.25) is 0 Å². The fourth-order valence-corrected chi connectivity index (χ4v) is 5.04. The summed E-state index contributed by atoms with van der Waals surface area (Å²) < 4.78 is 33.2. The lowest BCUT2D eigenvalue weighted by molar-refractivity contribution is 0.151. The van der Waals surface area contributed by atoms with Crippen LogP contribution in [0.25, 0.3) is 6.08 Å². The van der Waals surface area contributed by atoms with Crippen LogP contribution in [0, 0.1) is 13.8 Å². The van der Waals surface area contributed by atoms with E-state index in [-0.39, 0.29) is 4.90 Å². The van der Waals surface area contributed by atoms with E-state index in [0.29, 0.717) is 5.56 Å². The predicted molar refractivity (Wildman–Crippen MR) is 120 cm³/mol. The molecule has 0 unspecified atom stereocenters. The van der Waals surface area contributed by atoms with Crippen LogP contribution < -0.4 is 0 Å². The van der Waals surface area contributed by atoms with Crippen LogP contribution in [0.3, 0.4) is 0 Å². The van der Waals surface area contributed by atoms with Crippen LogP contribution in [-0.2, 0) is 14.8 Å². The van der Waals surface area contributed by atoms with Gasteiger partial charge in [0.15, 0.2) is 0 Å². The van der Waals surface area contributed by atoms with Crippen molar-refractivity contribution in [2.75, 3.05) is 0 Å². The SMILES string of the molecule is Cc1ccc(/C=C/[C@H]2OC(=O)N(S(=O)(=O)c3ccc(C)cc3)[C@@H]2c2ccccc2)cc1. The molecule has 2 atom stereocenters. The number of hydrogen-bond acceptors (Lipinski definition) is 4. The minimum atomic E-state index is -4.10. The summed E-state index contributed by atoms with van der Waals surface area (Å²) in [6, 6.07) is 22.6. The summed E-state index contributed by atoms with van der Waals surface area (Å²) in [5, 5.41) is 0. The minimum absolute atomic E-state index is 0.0548. The van der Waals surface area contributed by atoms with Crippen LogP contribution in [0.15, 0.2) is 89.8 Å². The number of carbonyl (C=O) groups is 1. The Morgan fingerprint density at radius 2 is 1.42 bits per heavy atom. The zero-order valence-corrected chi connectivity index (χ0v) is 18.1. The van der Waals surface area contributed by atoms with Crippen molar-refractivity contribution >= 4 is 22.2 Å². The molecule has 31 heavy (non-hydrogen) atoms. The molecule has 0 bridgehead atoms. The average molecular weight is 434 g/mol. The Morgan fingerprint density at radius 1 is 0.839 bits per heavy atom. The molecule has 0 radical (unpaired) electrons. The van der Waals surface area contributed by atoms with Crippen LogP contribution in [-0.4, -0.2) is 24.9 Å². The summed E-state index contributed by atoms with van der Waals surface area (Å²) in [6.07, 6.45) is 1.95. The zero-order valence-electron chi connectivity index (χ0n) is 17.3. The third-order valence-corrected chi connectivity index (χ3v) is 7.02. The lowest BCUT2D eigenvalue weighted by atomic mass is 10.0. The smallest absolute Gasteiger partial charge is 0.425 e. The molecule has 0 N–H and O–H groups in total. The van der Waals surface area contributed by atoms with Gasteiger partial charge >= 0.3 is 6.09 Å². The standard InChI is InChI=1S/C25H23NO4S/c1-18-8-12-20(13-9-18)14-17-23-24(21-6-4-3-5-7-21)26(25(27)30-23)31(28,29)22-15-10-19(2)11-16-22/h3-17,23-24H,1-2H3/b17-14+/t23-,24-/m1/s1. The molecule has 0 aromatic heterocycles. The van der Waals surface area contributed by atoms with Gasteiger partial charge in [-0.1, -0.05) is 83.9 Å². The Morgan fingerprint density at radius 3 is 2.03 bits per heavy atom. The van der Waals surface area contributed by atoms with E-state index in [0.717, 1.165) is 21.0 Å². The van der Waals surface area contributed by atoms with E-state index in [1.54, 1.807) is 30.3 Å². The van der Waals surface area contributed by atoms with Gasteiger partial charge in [0.1, 0.15) is 12.1 Å². The largest absolute Gasteiger partial charge is 0.438 e. The fraction of sp³-hybridized carbons (Fsp3) is 0.160. The number of rotatable bonds is 5. The van der Waals surface area contributed by atoms with Crippen molar-refractivity contribution < 1.29 is 17.9 Å². The van der Waals surface area contributed by atoms with E-state index in [2.05, 4.69) is 0 Å². The summed E-state index contributed by atoms with van der Waals surface area (Å²) in [4.78, 5) is 12.9. The Kier molecular flexibility index (Phi) is 5.65. The highest BCUT2D eigenvalue weighted by atomic mass is 32.2. The molecule has 0 spiro atoms. The maximum absolute atomic E-state index is 13.4. The number of ether oxygens (including phenoxy) is 1. The molecule has 4 rings (SSSR count). The summed E-state index contributed by atoms with van der Waals surface area (Å²) in [6.45, 7) is 3.88. The van der Waals surface area contributed by atoms with E-state index in [4.69, 9.17) is 4.74 Å². The highest BCUT2D eigenvalue weighted by Crippen LogP contribution is 2.38. The first-order valence-corrected chi connectivity index (χ1v) is 11.4. The summed E-state index contributed by atoms with van der Waals surface area (Å²) in [5.74, 6) is 0. The van der Waals surface area contributed by atoms with E-state index in [1.807, 2.05) is 62.4 Å². The second kappa shape index (κ2) is 8.40. The van der Waals surface area contributed by atoms with Crippen molar-refractivity contribution in [3.05, 3.63) is 107 Å². The molecule has 3 aromatic rings. The fourth-order valence-electron chi connectivity index (χ4n) is 3.55. The van der Waals surface area contributed by atoms with Gasteiger partial charge in [-0.2, -0.15) is 4.31 Å². The molecular weight excluding hydrogens is 410 g/mol. The molecule has 6 heteroatoms. The molecule has 0 aliphatic carbocycles. The normalized spacial score (nSPS) is 19.0. The molecule has 1 fully saturated rings. The third-order valence-electron chi connectivity index (χ3n) is 5.26. The lowest BCUT2D eigenvalue weighted by Crippen LogP contribution is -2.35. The molecule has 1 aliphatic heterocycles. The first kappa shape index (κ1) is 20.9. The highest BCUT2D eigenvalue weighted by Gasteiger charge is 2.48. The van der Waals surface area contributed by atoms with Gasteiger partial charge in [0.2, 0.25) is 0 Å². The molecule has 158 valence electrons. The van der Waals surface area contributed by atoms with Crippen LogP contribution >= 0.6 is 0 Å². The van der Waals surface area contributed by atoms with E-state index >= 15 is 0 Å². The molecular formula is C25H23NO4S. The Labute approximate surface area is 182 Å². The lowest BCUT2D eigenvalue weighted by Gasteiger charge is -2.23. The number of carbonyl (C=O) groups excluding carboxylic acids is 1. The van der Waals surface area contributed by atoms with Crippen LogP contribution in [0.4, 0.5) is 4.79 Å². The van der Waals surface area contributed by atoms with Gasteiger partial charge in [-0.15, -0.1) is 0 Å². The summed E-state index contributed by atoms with van der Waals surface area (Å²) in [7, 11) is -4.10. The molecule has 0 saturated carbocycles. The van der Waals surface area contributed by atoms with Gasteiger partial charge in [-0.25, -0.2) is 13.2 Å². The van der Waals surface area contributed by atoms with Crippen molar-refractivity contribution in [3.8, 4) is 0 Å². The average Bonchev–Trinajstić information content (AvgIpc) is 3.11. The number of nitrogens with zero attached hydrogens (tertiary/aromatic N) is 1. The maximum Gasteiger partial charge on any atom is 0.425 e. The Bertz CT molecular complexity index is 1200. The summed E-state index contributed by atoms with van der Waals surface area (Å²) >= 11 is 0. The topological polar surface area (TPSA) is 63.7 Å². The van der Waals surface area contributed by atoms with Crippen molar-refractivity contribution in [3.63, 3.8) is 0 Å². The molecule has 1 aliphatic rings. The molecule has 1 saturated heterocycles. The molecule has 1 amide bonds. The quantitative estimate of drug-likeness (QED) is 0.550. The first-order valence-electron chi connectivity index (χ1n) is 9.98. The van der Waals surface area contributed by atoms with E-state index in [1.165, 1.54) is 12.1 Å². The van der Waals surface area contributed by atoms with Gasteiger partial charge in [0, 0.05) is 0 Å². The third kappa shape index (κ3) is 4.25. The Balaban J connectivity index is 1.75. The zero-order chi connectivity index (χ0) is 22.0. The highest BCUT2D eigenvalue weighted by molar-refractivity contribution is 7.89. The Hall–Kier alpha value is -3.38. The number of sulfonamides is 1. The second-order valence-corrected chi connectivity index (χ2v) is 9.40. The second-order valence-electron chi connectivity index (χ2n) is 7.59. The predicted octanol–water partition coefficient (Wildman–Crippen LogP) is 5.27. The minimum Gasteiger partial charge on any atom is -0.438 e. The maximum atomic E-state index is 13.4. The van der Waals surface area contributed by atoms with Gasteiger partial charge in [-0.3, -0.25) is 0 Å².